The van der Waals surface area contributed by atoms with Gasteiger partial charge in [0.05, 0.1) is 0 Å². The van der Waals surface area contributed by atoms with Crippen LogP contribution in [0.1, 0.15) is 18.9 Å². The van der Waals surface area contributed by atoms with Crippen molar-refractivity contribution in [3.63, 3.8) is 0 Å². The van der Waals surface area contributed by atoms with Gasteiger partial charge in [0.1, 0.15) is 0 Å². The minimum atomic E-state index is -0.0205. The number of hydrogen-bond acceptors (Lipinski definition) is 3. The Hall–Kier alpha value is -1.39. The number of piperazine rings is 1. The molecule has 2 rings (SSSR count). The monoisotopic (exact) mass is 275 g/mol. The molecule has 0 bridgehead atoms. The van der Waals surface area contributed by atoms with Gasteiger partial charge < -0.3 is 15.1 Å². The van der Waals surface area contributed by atoms with Crippen LogP contribution in [-0.4, -0.2) is 55.5 Å². The Morgan fingerprint density at radius 1 is 1.15 bits per heavy atom. The zero-order valence-corrected chi connectivity index (χ0v) is 12.6. The van der Waals surface area contributed by atoms with E-state index in [2.05, 4.69) is 34.3 Å². The molecule has 0 atom stereocenters. The van der Waals surface area contributed by atoms with Gasteiger partial charge in [0, 0.05) is 38.8 Å². The summed E-state index contributed by atoms with van der Waals surface area (Å²) in [6.45, 7) is 7.47. The molecule has 1 saturated heterocycles. The highest BCUT2D eigenvalue weighted by Crippen LogP contribution is 2.11. The molecule has 0 spiro atoms. The predicted molar refractivity (Wildman–Crippen MR) is 83.0 cm³/mol. The van der Waals surface area contributed by atoms with Crippen molar-refractivity contribution in [3.05, 3.63) is 29.8 Å². The molecule has 0 aromatic heterocycles. The van der Waals surface area contributed by atoms with E-state index < -0.39 is 0 Å². The Morgan fingerprint density at radius 2 is 1.80 bits per heavy atom. The lowest BCUT2D eigenvalue weighted by atomic mass is 10.1. The van der Waals surface area contributed by atoms with E-state index in [1.54, 1.807) is 0 Å². The highest BCUT2D eigenvalue weighted by atomic mass is 16.1. The highest BCUT2D eigenvalue weighted by molar-refractivity contribution is 5.88. The van der Waals surface area contributed by atoms with Gasteiger partial charge in [-0.05, 0) is 44.1 Å². The molecule has 0 saturated carbocycles. The summed E-state index contributed by atoms with van der Waals surface area (Å²) < 4.78 is 0. The number of carbonyl (C=O) groups excluding carboxylic acids is 1. The molecule has 1 amide bonds. The molecule has 1 aliphatic heterocycles. The summed E-state index contributed by atoms with van der Waals surface area (Å²) in [7, 11) is 2.19. The van der Waals surface area contributed by atoms with E-state index in [0.717, 1.165) is 12.1 Å². The third kappa shape index (κ3) is 4.94. The molecule has 0 unspecified atom stereocenters. The molecule has 110 valence electrons. The first-order chi connectivity index (χ1) is 9.63. The number of amides is 1. The molecule has 1 fully saturated rings. The second-order valence-electron chi connectivity index (χ2n) is 5.63. The molecule has 1 heterocycles. The first-order valence-corrected chi connectivity index (χ1v) is 7.41. The minimum absolute atomic E-state index is 0.0205. The summed E-state index contributed by atoms with van der Waals surface area (Å²) in [5.74, 6) is -0.0205. The van der Waals surface area contributed by atoms with E-state index in [9.17, 15) is 4.79 Å². The number of nitrogens with zero attached hydrogens (tertiary/aromatic N) is 2. The van der Waals surface area contributed by atoms with E-state index in [-0.39, 0.29) is 5.91 Å². The molecule has 1 aromatic rings. The molecule has 0 radical (unpaired) electrons. The van der Waals surface area contributed by atoms with Crippen molar-refractivity contribution >= 4 is 11.6 Å². The standard InChI is InChI=1S/C16H25N3O/c1-14(20)17-16-7-5-15(6-8-16)4-3-9-19-12-10-18(2)11-13-19/h5-8H,3-4,9-13H2,1-2H3,(H,17,20). The van der Waals surface area contributed by atoms with Crippen LogP contribution in [0.25, 0.3) is 0 Å². The van der Waals surface area contributed by atoms with Crippen LogP contribution in [0.2, 0.25) is 0 Å². The number of nitrogens with one attached hydrogen (secondary N) is 1. The zero-order valence-electron chi connectivity index (χ0n) is 12.6. The normalized spacial score (nSPS) is 17.1. The van der Waals surface area contributed by atoms with Crippen LogP contribution in [0.15, 0.2) is 24.3 Å². The van der Waals surface area contributed by atoms with Crippen molar-refractivity contribution in [2.75, 3.05) is 45.1 Å². The summed E-state index contributed by atoms with van der Waals surface area (Å²) in [5, 5.41) is 2.79. The van der Waals surface area contributed by atoms with E-state index in [1.807, 2.05) is 12.1 Å². The van der Waals surface area contributed by atoms with Crippen LogP contribution in [0.3, 0.4) is 0 Å². The quantitative estimate of drug-likeness (QED) is 0.890. The largest absolute Gasteiger partial charge is 0.326 e. The average Bonchev–Trinajstić information content (AvgIpc) is 2.42. The third-order valence-corrected chi connectivity index (χ3v) is 3.81. The van der Waals surface area contributed by atoms with Crippen LogP contribution in [-0.2, 0) is 11.2 Å². The molecule has 1 aliphatic rings. The lowest BCUT2D eigenvalue weighted by Crippen LogP contribution is -2.44. The molecular formula is C16H25N3O. The van der Waals surface area contributed by atoms with Gasteiger partial charge in [-0.3, -0.25) is 4.79 Å². The van der Waals surface area contributed by atoms with E-state index >= 15 is 0 Å². The maximum atomic E-state index is 10.9. The number of carbonyl (C=O) groups is 1. The maximum absolute atomic E-state index is 10.9. The summed E-state index contributed by atoms with van der Waals surface area (Å²) in [6, 6.07) is 8.17. The van der Waals surface area contributed by atoms with E-state index in [4.69, 9.17) is 0 Å². The van der Waals surface area contributed by atoms with Crippen molar-refractivity contribution in [2.24, 2.45) is 0 Å². The molecule has 1 N–H and O–H groups in total. The van der Waals surface area contributed by atoms with Crippen LogP contribution in [0, 0.1) is 0 Å². The number of benzene rings is 1. The number of aryl methyl sites for hydroxylation is 1. The fourth-order valence-corrected chi connectivity index (χ4v) is 2.54. The summed E-state index contributed by atoms with van der Waals surface area (Å²) >= 11 is 0. The van der Waals surface area contributed by atoms with Gasteiger partial charge in [-0.2, -0.15) is 0 Å². The Bertz CT molecular complexity index is 422. The molecule has 4 nitrogen and oxygen atoms in total. The molecule has 0 aliphatic carbocycles. The average molecular weight is 275 g/mol. The molecule has 20 heavy (non-hydrogen) atoms. The van der Waals surface area contributed by atoms with Gasteiger partial charge in [0.2, 0.25) is 5.91 Å². The second kappa shape index (κ2) is 7.41. The van der Waals surface area contributed by atoms with Crippen molar-refractivity contribution < 1.29 is 4.79 Å². The Labute approximate surface area is 121 Å². The van der Waals surface area contributed by atoms with E-state index in [1.165, 1.54) is 51.6 Å². The number of rotatable bonds is 5. The third-order valence-electron chi connectivity index (χ3n) is 3.81. The fraction of sp³-hybridized carbons (Fsp3) is 0.562. The summed E-state index contributed by atoms with van der Waals surface area (Å²) in [6.07, 6.45) is 2.30. The lowest BCUT2D eigenvalue weighted by Gasteiger charge is -2.32. The Balaban J connectivity index is 1.70. The topological polar surface area (TPSA) is 35.6 Å². The first kappa shape index (κ1) is 15.0. The van der Waals surface area contributed by atoms with Crippen LogP contribution >= 0.6 is 0 Å². The van der Waals surface area contributed by atoms with Crippen molar-refractivity contribution in [1.82, 2.24) is 9.80 Å². The predicted octanol–water partition coefficient (Wildman–Crippen LogP) is 1.82. The van der Waals surface area contributed by atoms with Gasteiger partial charge in [-0.1, -0.05) is 12.1 Å². The van der Waals surface area contributed by atoms with Gasteiger partial charge in [-0.25, -0.2) is 0 Å². The maximum Gasteiger partial charge on any atom is 0.221 e. The highest BCUT2D eigenvalue weighted by Gasteiger charge is 2.12. The van der Waals surface area contributed by atoms with Crippen molar-refractivity contribution in [3.8, 4) is 0 Å². The van der Waals surface area contributed by atoms with Gasteiger partial charge in [0.15, 0.2) is 0 Å². The fourth-order valence-electron chi connectivity index (χ4n) is 2.54. The van der Waals surface area contributed by atoms with Crippen LogP contribution < -0.4 is 5.32 Å². The summed E-state index contributed by atoms with van der Waals surface area (Å²) in [4.78, 5) is 15.9. The van der Waals surface area contributed by atoms with Crippen LogP contribution in [0.5, 0.6) is 0 Å². The summed E-state index contributed by atoms with van der Waals surface area (Å²) in [5.41, 5.74) is 2.22. The van der Waals surface area contributed by atoms with Crippen molar-refractivity contribution in [2.45, 2.75) is 19.8 Å². The smallest absolute Gasteiger partial charge is 0.221 e. The molecular weight excluding hydrogens is 250 g/mol. The van der Waals surface area contributed by atoms with Crippen LogP contribution in [0.4, 0.5) is 5.69 Å². The SMILES string of the molecule is CC(=O)Nc1ccc(CCCN2CCN(C)CC2)cc1. The number of likely N-dealkylation sites (N-methyl/N-ethyl adjacent to an activating group) is 1. The minimum Gasteiger partial charge on any atom is -0.326 e. The Kier molecular flexibility index (Phi) is 5.56. The zero-order chi connectivity index (χ0) is 14.4. The lowest BCUT2D eigenvalue weighted by molar-refractivity contribution is -0.114. The molecule has 1 aromatic carbocycles. The first-order valence-electron chi connectivity index (χ1n) is 7.41. The number of hydrogen-bond donors (Lipinski definition) is 1. The molecule has 4 heteroatoms. The van der Waals surface area contributed by atoms with E-state index in [0.29, 0.717) is 0 Å². The van der Waals surface area contributed by atoms with Gasteiger partial charge in [0.25, 0.3) is 0 Å². The Morgan fingerprint density at radius 3 is 2.40 bits per heavy atom. The number of anilines is 1. The van der Waals surface area contributed by atoms with Gasteiger partial charge in [-0.15, -0.1) is 0 Å². The van der Waals surface area contributed by atoms with Crippen molar-refractivity contribution in [1.29, 1.82) is 0 Å². The van der Waals surface area contributed by atoms with Gasteiger partial charge >= 0.3 is 0 Å². The second-order valence-corrected chi connectivity index (χ2v) is 5.63.